The van der Waals surface area contributed by atoms with Crippen molar-refractivity contribution in [1.29, 1.82) is 0 Å². The number of hydrogen-bond acceptors (Lipinski definition) is 4. The Morgan fingerprint density at radius 2 is 2.26 bits per heavy atom. The van der Waals surface area contributed by atoms with Crippen LogP contribution in [0.25, 0.3) is 0 Å². The van der Waals surface area contributed by atoms with E-state index in [1.165, 1.54) is 6.20 Å². The Bertz CT molecular complexity index is 415. The Morgan fingerprint density at radius 1 is 1.47 bits per heavy atom. The van der Waals surface area contributed by atoms with Crippen molar-refractivity contribution in [2.75, 3.05) is 30.4 Å². The summed E-state index contributed by atoms with van der Waals surface area (Å²) in [5, 5.41) is 6.38. The highest BCUT2D eigenvalue weighted by Gasteiger charge is 2.11. The van der Waals surface area contributed by atoms with Crippen LogP contribution in [0.3, 0.4) is 0 Å². The normalized spacial score (nSPS) is 10.3. The third-order valence-corrected chi connectivity index (χ3v) is 3.46. The molecule has 1 aromatic heterocycles. The molecule has 106 valence electrons. The third-order valence-electron chi connectivity index (χ3n) is 2.47. The fourth-order valence-corrected chi connectivity index (χ4v) is 2.10. The van der Waals surface area contributed by atoms with Crippen molar-refractivity contribution >= 4 is 35.1 Å². The summed E-state index contributed by atoms with van der Waals surface area (Å²) in [6, 6.07) is 1.70. The first kappa shape index (κ1) is 16.1. The first-order valence-electron chi connectivity index (χ1n) is 6.35. The first-order valence-corrected chi connectivity index (χ1v) is 8.12. The molecule has 0 unspecified atom stereocenters. The molecule has 2 N–H and O–H groups in total. The molecule has 0 bridgehead atoms. The van der Waals surface area contributed by atoms with E-state index < -0.39 is 0 Å². The topological polar surface area (TPSA) is 54.0 Å². The molecule has 1 amide bonds. The molecule has 0 fully saturated rings. The van der Waals surface area contributed by atoms with E-state index in [2.05, 4.69) is 22.5 Å². The maximum atomic E-state index is 12.0. The van der Waals surface area contributed by atoms with Gasteiger partial charge in [0.2, 0.25) is 0 Å². The van der Waals surface area contributed by atoms with Gasteiger partial charge in [-0.3, -0.25) is 4.79 Å². The number of amides is 1. The van der Waals surface area contributed by atoms with E-state index in [4.69, 9.17) is 11.6 Å². The zero-order valence-corrected chi connectivity index (χ0v) is 12.9. The average molecular weight is 302 g/mol. The number of nitrogens with one attached hydrogen (secondary N) is 2. The van der Waals surface area contributed by atoms with Gasteiger partial charge in [-0.15, -0.1) is 0 Å². The lowest BCUT2D eigenvalue weighted by Crippen LogP contribution is -2.25. The Kier molecular flexibility index (Phi) is 7.67. The van der Waals surface area contributed by atoms with E-state index in [1.807, 2.05) is 6.26 Å². The molecule has 0 spiro atoms. The van der Waals surface area contributed by atoms with E-state index >= 15 is 0 Å². The summed E-state index contributed by atoms with van der Waals surface area (Å²) >= 11 is 7.78. The predicted octanol–water partition coefficient (Wildman–Crippen LogP) is 3.04. The summed E-state index contributed by atoms with van der Waals surface area (Å²) in [5.41, 5.74) is 0.472. The maximum Gasteiger partial charge on any atom is 0.252 e. The van der Waals surface area contributed by atoms with E-state index in [0.29, 0.717) is 22.9 Å². The van der Waals surface area contributed by atoms with E-state index in [9.17, 15) is 4.79 Å². The van der Waals surface area contributed by atoms with E-state index in [1.54, 1.807) is 17.8 Å². The summed E-state index contributed by atoms with van der Waals surface area (Å²) in [5.74, 6) is 1.57. The smallest absolute Gasteiger partial charge is 0.252 e. The van der Waals surface area contributed by atoms with Crippen LogP contribution in [-0.4, -0.2) is 36.0 Å². The zero-order chi connectivity index (χ0) is 14.1. The SMILES string of the molecule is CCCNc1cc(C(=O)NCCCSC)c(Cl)cn1. The molecule has 1 rings (SSSR count). The molecular formula is C13H20ClN3OS. The second kappa shape index (κ2) is 9.04. The van der Waals surface area contributed by atoms with Crippen LogP contribution in [0.15, 0.2) is 12.3 Å². The van der Waals surface area contributed by atoms with Crippen molar-refractivity contribution in [3.05, 3.63) is 22.8 Å². The number of rotatable bonds is 8. The Labute approximate surface area is 123 Å². The number of pyridine rings is 1. The van der Waals surface area contributed by atoms with Gasteiger partial charge in [0, 0.05) is 19.3 Å². The Balaban J connectivity index is 2.61. The second-order valence-electron chi connectivity index (χ2n) is 4.08. The first-order chi connectivity index (χ1) is 9.19. The highest BCUT2D eigenvalue weighted by atomic mass is 35.5. The van der Waals surface area contributed by atoms with Crippen LogP contribution in [-0.2, 0) is 0 Å². The van der Waals surface area contributed by atoms with Crippen LogP contribution >= 0.6 is 23.4 Å². The van der Waals surface area contributed by atoms with Gasteiger partial charge in [-0.25, -0.2) is 4.98 Å². The molecule has 0 radical (unpaired) electrons. The Morgan fingerprint density at radius 3 is 2.95 bits per heavy atom. The molecule has 4 nitrogen and oxygen atoms in total. The summed E-state index contributed by atoms with van der Waals surface area (Å²) in [6.45, 7) is 3.56. The number of halogens is 1. The van der Waals surface area contributed by atoms with Crippen molar-refractivity contribution in [1.82, 2.24) is 10.3 Å². The lowest BCUT2D eigenvalue weighted by molar-refractivity contribution is 0.0954. The van der Waals surface area contributed by atoms with Gasteiger partial charge in [-0.1, -0.05) is 18.5 Å². The number of thioether (sulfide) groups is 1. The fourth-order valence-electron chi connectivity index (χ4n) is 1.48. The van der Waals surface area contributed by atoms with Gasteiger partial charge in [0.25, 0.3) is 5.91 Å². The summed E-state index contributed by atoms with van der Waals surface area (Å²) in [4.78, 5) is 16.1. The molecule has 0 saturated heterocycles. The monoisotopic (exact) mass is 301 g/mol. The largest absolute Gasteiger partial charge is 0.370 e. The highest BCUT2D eigenvalue weighted by molar-refractivity contribution is 7.98. The van der Waals surface area contributed by atoms with Gasteiger partial charge in [0.05, 0.1) is 10.6 Å². The van der Waals surface area contributed by atoms with Gasteiger partial charge in [0.1, 0.15) is 5.82 Å². The maximum absolute atomic E-state index is 12.0. The second-order valence-corrected chi connectivity index (χ2v) is 5.47. The number of anilines is 1. The molecule has 0 aliphatic carbocycles. The van der Waals surface area contributed by atoms with Gasteiger partial charge in [-0.05, 0) is 30.9 Å². The van der Waals surface area contributed by atoms with Gasteiger partial charge >= 0.3 is 0 Å². The molecule has 0 saturated carbocycles. The van der Waals surface area contributed by atoms with Crippen LogP contribution < -0.4 is 10.6 Å². The molecule has 19 heavy (non-hydrogen) atoms. The van der Waals surface area contributed by atoms with E-state index in [-0.39, 0.29) is 5.91 Å². The van der Waals surface area contributed by atoms with Crippen molar-refractivity contribution in [3.63, 3.8) is 0 Å². The minimum Gasteiger partial charge on any atom is -0.370 e. The number of carbonyl (C=O) groups is 1. The average Bonchev–Trinajstić information content (AvgIpc) is 2.42. The molecule has 1 aromatic rings. The number of aromatic nitrogens is 1. The molecule has 0 aromatic carbocycles. The van der Waals surface area contributed by atoms with Crippen LogP contribution in [0.2, 0.25) is 5.02 Å². The van der Waals surface area contributed by atoms with Gasteiger partial charge in [-0.2, -0.15) is 11.8 Å². The van der Waals surface area contributed by atoms with Crippen LogP contribution in [0, 0.1) is 0 Å². The fraction of sp³-hybridized carbons (Fsp3) is 0.538. The standard InChI is InChI=1S/C13H20ClN3OS/c1-3-5-15-12-8-10(11(14)9-17-12)13(18)16-6-4-7-19-2/h8-9H,3-7H2,1-2H3,(H,15,17)(H,16,18). The quantitative estimate of drug-likeness (QED) is 0.725. The van der Waals surface area contributed by atoms with Crippen molar-refractivity contribution in [2.45, 2.75) is 19.8 Å². The van der Waals surface area contributed by atoms with Crippen molar-refractivity contribution < 1.29 is 4.79 Å². The molecule has 0 aliphatic rings. The summed E-state index contributed by atoms with van der Waals surface area (Å²) in [6.07, 6.45) is 5.51. The third kappa shape index (κ3) is 5.70. The molecule has 1 heterocycles. The predicted molar refractivity (Wildman–Crippen MR) is 83.4 cm³/mol. The summed E-state index contributed by atoms with van der Waals surface area (Å²) < 4.78 is 0. The number of carbonyl (C=O) groups excluding carboxylic acids is 1. The van der Waals surface area contributed by atoms with Crippen LogP contribution in [0.1, 0.15) is 30.1 Å². The van der Waals surface area contributed by atoms with Gasteiger partial charge < -0.3 is 10.6 Å². The summed E-state index contributed by atoms with van der Waals surface area (Å²) in [7, 11) is 0. The molecule has 6 heteroatoms. The minimum absolute atomic E-state index is 0.145. The minimum atomic E-state index is -0.145. The van der Waals surface area contributed by atoms with Crippen LogP contribution in [0.4, 0.5) is 5.82 Å². The highest BCUT2D eigenvalue weighted by Crippen LogP contribution is 2.18. The lowest BCUT2D eigenvalue weighted by atomic mass is 10.2. The lowest BCUT2D eigenvalue weighted by Gasteiger charge is -2.09. The number of hydrogen-bond donors (Lipinski definition) is 2. The van der Waals surface area contributed by atoms with Crippen molar-refractivity contribution in [2.24, 2.45) is 0 Å². The zero-order valence-electron chi connectivity index (χ0n) is 11.3. The Hall–Kier alpha value is -0.940. The number of nitrogens with zero attached hydrogens (tertiary/aromatic N) is 1. The van der Waals surface area contributed by atoms with E-state index in [0.717, 1.165) is 25.1 Å². The van der Waals surface area contributed by atoms with Gasteiger partial charge in [0.15, 0.2) is 0 Å². The van der Waals surface area contributed by atoms with Crippen LogP contribution in [0.5, 0.6) is 0 Å². The molecule has 0 atom stereocenters. The van der Waals surface area contributed by atoms with Crippen molar-refractivity contribution in [3.8, 4) is 0 Å². The molecular weight excluding hydrogens is 282 g/mol. The molecule has 0 aliphatic heterocycles.